The van der Waals surface area contributed by atoms with Gasteiger partial charge in [-0.2, -0.15) is 0 Å². The first-order valence-corrected chi connectivity index (χ1v) is 6.99. The fourth-order valence-corrected chi connectivity index (χ4v) is 3.52. The Morgan fingerprint density at radius 2 is 1.72 bits per heavy atom. The summed E-state index contributed by atoms with van der Waals surface area (Å²) in [6.07, 6.45) is 8.13. The first kappa shape index (κ1) is 11.8. The Labute approximate surface area is 108 Å². The molecule has 0 radical (unpaired) electrons. The van der Waals surface area contributed by atoms with E-state index in [2.05, 4.69) is 4.90 Å². The molecule has 1 saturated carbocycles. The summed E-state index contributed by atoms with van der Waals surface area (Å²) in [6.45, 7) is 2.11. The van der Waals surface area contributed by atoms with Crippen LogP contribution in [0.5, 0.6) is 0 Å². The van der Waals surface area contributed by atoms with Crippen molar-refractivity contribution in [3.8, 4) is 0 Å². The molecule has 3 heteroatoms. The highest BCUT2D eigenvalue weighted by atomic mass is 19.1. The largest absolute Gasteiger partial charge is 0.397 e. The second-order valence-electron chi connectivity index (χ2n) is 5.97. The summed E-state index contributed by atoms with van der Waals surface area (Å²) in [6, 6.07) is 4.67. The van der Waals surface area contributed by atoms with E-state index in [0.29, 0.717) is 11.1 Å². The summed E-state index contributed by atoms with van der Waals surface area (Å²) < 4.78 is 13.3. The fourth-order valence-electron chi connectivity index (χ4n) is 3.52. The van der Waals surface area contributed by atoms with Crippen molar-refractivity contribution in [2.24, 2.45) is 5.41 Å². The Hall–Kier alpha value is -1.25. The minimum Gasteiger partial charge on any atom is -0.397 e. The van der Waals surface area contributed by atoms with Gasteiger partial charge in [0.2, 0.25) is 0 Å². The first-order chi connectivity index (χ1) is 8.69. The van der Waals surface area contributed by atoms with Gasteiger partial charge >= 0.3 is 0 Å². The number of hydrogen-bond donors (Lipinski definition) is 1. The fraction of sp³-hybridized carbons (Fsp3) is 0.600. The van der Waals surface area contributed by atoms with Crippen molar-refractivity contribution in [3.63, 3.8) is 0 Å². The zero-order valence-electron chi connectivity index (χ0n) is 10.8. The molecule has 1 aromatic carbocycles. The number of hydrogen-bond acceptors (Lipinski definition) is 2. The van der Waals surface area contributed by atoms with E-state index in [4.69, 9.17) is 5.73 Å². The van der Waals surface area contributed by atoms with Crippen LogP contribution in [0.2, 0.25) is 0 Å². The van der Waals surface area contributed by atoms with E-state index in [-0.39, 0.29) is 5.82 Å². The third-order valence-electron chi connectivity index (χ3n) is 4.55. The summed E-state index contributed by atoms with van der Waals surface area (Å²) in [7, 11) is 0. The van der Waals surface area contributed by atoms with Crippen molar-refractivity contribution in [1.82, 2.24) is 0 Å². The van der Waals surface area contributed by atoms with Gasteiger partial charge in [0.25, 0.3) is 0 Å². The van der Waals surface area contributed by atoms with Crippen molar-refractivity contribution in [2.75, 3.05) is 23.7 Å². The number of rotatable bonds is 1. The van der Waals surface area contributed by atoms with Crippen LogP contribution in [-0.2, 0) is 0 Å². The van der Waals surface area contributed by atoms with E-state index >= 15 is 0 Å². The minimum atomic E-state index is -0.194. The molecule has 1 spiro atoms. The molecule has 1 aliphatic carbocycles. The summed E-state index contributed by atoms with van der Waals surface area (Å²) in [5.74, 6) is -0.194. The summed E-state index contributed by atoms with van der Waals surface area (Å²) in [5, 5.41) is 0. The van der Waals surface area contributed by atoms with Crippen LogP contribution in [0.4, 0.5) is 15.8 Å². The van der Waals surface area contributed by atoms with Crippen molar-refractivity contribution in [2.45, 2.75) is 38.5 Å². The Balaban J connectivity index is 1.72. The van der Waals surface area contributed by atoms with E-state index in [9.17, 15) is 4.39 Å². The zero-order chi connectivity index (χ0) is 12.6. The van der Waals surface area contributed by atoms with Crippen LogP contribution < -0.4 is 10.6 Å². The van der Waals surface area contributed by atoms with Gasteiger partial charge in [-0.3, -0.25) is 0 Å². The maximum absolute atomic E-state index is 13.3. The number of nitrogen functional groups attached to an aromatic ring is 1. The number of anilines is 2. The van der Waals surface area contributed by atoms with Crippen LogP contribution in [0.25, 0.3) is 0 Å². The second-order valence-corrected chi connectivity index (χ2v) is 5.97. The lowest BCUT2D eigenvalue weighted by atomic mass is 9.73. The molecule has 18 heavy (non-hydrogen) atoms. The van der Waals surface area contributed by atoms with E-state index in [1.54, 1.807) is 12.1 Å². The second kappa shape index (κ2) is 4.45. The summed E-state index contributed by atoms with van der Waals surface area (Å²) in [5.41, 5.74) is 8.01. The molecule has 0 bridgehead atoms. The third-order valence-corrected chi connectivity index (χ3v) is 4.55. The maximum Gasteiger partial charge on any atom is 0.125 e. The van der Waals surface area contributed by atoms with Gasteiger partial charge in [0.1, 0.15) is 5.82 Å². The van der Waals surface area contributed by atoms with Gasteiger partial charge in [-0.25, -0.2) is 4.39 Å². The van der Waals surface area contributed by atoms with Crippen LogP contribution >= 0.6 is 0 Å². The number of nitrogens with zero attached hydrogens (tertiary/aromatic N) is 1. The molecule has 0 aromatic heterocycles. The predicted molar refractivity (Wildman–Crippen MR) is 73.2 cm³/mol. The van der Waals surface area contributed by atoms with Gasteiger partial charge in [-0.15, -0.1) is 0 Å². The van der Waals surface area contributed by atoms with Crippen LogP contribution in [0.1, 0.15) is 38.5 Å². The standard InChI is InChI=1S/C15H21FN2/c16-12-5-6-13(17)14(9-12)18-10-15(11-18)7-3-1-2-4-8-15/h5-6,9H,1-4,7-8,10-11,17H2. The highest BCUT2D eigenvalue weighted by Crippen LogP contribution is 2.45. The normalized spacial score (nSPS) is 22.6. The molecule has 1 aromatic rings. The van der Waals surface area contributed by atoms with E-state index in [1.807, 2.05) is 0 Å². The van der Waals surface area contributed by atoms with Crippen molar-refractivity contribution in [3.05, 3.63) is 24.0 Å². The van der Waals surface area contributed by atoms with Crippen LogP contribution in [0.15, 0.2) is 18.2 Å². The van der Waals surface area contributed by atoms with Gasteiger partial charge in [0, 0.05) is 18.5 Å². The molecule has 1 heterocycles. The Morgan fingerprint density at radius 3 is 2.39 bits per heavy atom. The van der Waals surface area contributed by atoms with Crippen molar-refractivity contribution < 1.29 is 4.39 Å². The van der Waals surface area contributed by atoms with E-state index in [0.717, 1.165) is 18.8 Å². The lowest BCUT2D eigenvalue weighted by Gasteiger charge is -2.52. The quantitative estimate of drug-likeness (QED) is 0.770. The molecular weight excluding hydrogens is 227 g/mol. The third kappa shape index (κ3) is 2.06. The average Bonchev–Trinajstić information content (AvgIpc) is 2.56. The van der Waals surface area contributed by atoms with Gasteiger partial charge in [0.05, 0.1) is 11.4 Å². The highest BCUT2D eigenvalue weighted by Gasteiger charge is 2.43. The van der Waals surface area contributed by atoms with Crippen LogP contribution in [-0.4, -0.2) is 13.1 Å². The minimum absolute atomic E-state index is 0.194. The monoisotopic (exact) mass is 248 g/mol. The Morgan fingerprint density at radius 1 is 1.06 bits per heavy atom. The predicted octanol–water partition coefficient (Wildman–Crippen LogP) is 3.57. The zero-order valence-corrected chi connectivity index (χ0v) is 10.8. The molecule has 2 fully saturated rings. The molecular formula is C15H21FN2. The molecule has 98 valence electrons. The average molecular weight is 248 g/mol. The molecule has 0 amide bonds. The summed E-state index contributed by atoms with van der Waals surface area (Å²) in [4.78, 5) is 2.24. The molecule has 1 saturated heterocycles. The van der Waals surface area contributed by atoms with Gasteiger partial charge < -0.3 is 10.6 Å². The molecule has 2 N–H and O–H groups in total. The van der Waals surface area contributed by atoms with Crippen molar-refractivity contribution in [1.29, 1.82) is 0 Å². The molecule has 1 aliphatic heterocycles. The molecule has 2 nitrogen and oxygen atoms in total. The highest BCUT2D eigenvalue weighted by molar-refractivity contribution is 5.69. The summed E-state index contributed by atoms with van der Waals surface area (Å²) >= 11 is 0. The van der Waals surface area contributed by atoms with E-state index < -0.39 is 0 Å². The van der Waals surface area contributed by atoms with Crippen LogP contribution in [0, 0.1) is 11.2 Å². The smallest absolute Gasteiger partial charge is 0.125 e. The SMILES string of the molecule is Nc1ccc(F)cc1N1CC2(CCCCCC2)C1. The number of halogens is 1. The number of benzene rings is 1. The molecule has 3 rings (SSSR count). The van der Waals surface area contributed by atoms with Gasteiger partial charge in [-0.1, -0.05) is 25.7 Å². The molecule has 2 aliphatic rings. The van der Waals surface area contributed by atoms with Crippen molar-refractivity contribution >= 4 is 11.4 Å². The maximum atomic E-state index is 13.3. The van der Waals surface area contributed by atoms with E-state index in [1.165, 1.54) is 44.6 Å². The first-order valence-electron chi connectivity index (χ1n) is 6.99. The lowest BCUT2D eigenvalue weighted by Crippen LogP contribution is -2.56. The Kier molecular flexibility index (Phi) is 2.92. The Bertz CT molecular complexity index is 428. The topological polar surface area (TPSA) is 29.3 Å². The van der Waals surface area contributed by atoms with Gasteiger partial charge in [0.15, 0.2) is 0 Å². The lowest BCUT2D eigenvalue weighted by molar-refractivity contribution is 0.180. The number of nitrogens with two attached hydrogens (primary N) is 1. The van der Waals surface area contributed by atoms with Crippen LogP contribution in [0.3, 0.4) is 0 Å². The molecule has 0 unspecified atom stereocenters. The molecule has 0 atom stereocenters. The van der Waals surface area contributed by atoms with Gasteiger partial charge in [-0.05, 0) is 31.0 Å².